The number of benzene rings is 2. The summed E-state index contributed by atoms with van der Waals surface area (Å²) in [6.45, 7) is 8.12. The van der Waals surface area contributed by atoms with E-state index in [4.69, 9.17) is 11.2 Å². The van der Waals surface area contributed by atoms with Gasteiger partial charge < -0.3 is 19.9 Å². The molecule has 0 unspecified atom stereocenters. The van der Waals surface area contributed by atoms with E-state index < -0.39 is 17.4 Å². The van der Waals surface area contributed by atoms with E-state index in [2.05, 4.69) is 10.6 Å². The van der Waals surface area contributed by atoms with Crippen LogP contribution >= 0.6 is 0 Å². The summed E-state index contributed by atoms with van der Waals surface area (Å²) in [6, 6.07) is 10.7. The highest BCUT2D eigenvalue weighted by Crippen LogP contribution is 2.38. The van der Waals surface area contributed by atoms with Crippen molar-refractivity contribution in [2.24, 2.45) is 7.05 Å². The Hall–Kier alpha value is -4.31. The first kappa shape index (κ1) is 24.3. The Morgan fingerprint density at radius 2 is 1.76 bits per heavy atom. The monoisotopic (exact) mass is 457 g/mol. The number of terminal acetylenes is 1. The number of hydrogen-bond acceptors (Lipinski definition) is 4. The SMILES string of the molecule is C#CC(=O)Nc1ccc(Oc2c(C)cc(C)cc2C)c(-c2cc(C(=O)NCC)c(=O)n(C)c2)c1. The minimum absolute atomic E-state index is 0.00793. The normalized spacial score (nSPS) is 10.4. The zero-order valence-corrected chi connectivity index (χ0v) is 19.9. The van der Waals surface area contributed by atoms with Crippen molar-refractivity contribution in [2.75, 3.05) is 11.9 Å². The third-order valence-corrected chi connectivity index (χ3v) is 5.26. The predicted molar refractivity (Wildman–Crippen MR) is 133 cm³/mol. The molecule has 0 fully saturated rings. The first-order chi connectivity index (χ1) is 16.1. The van der Waals surface area contributed by atoms with Crippen LogP contribution in [-0.4, -0.2) is 22.9 Å². The number of nitrogens with one attached hydrogen (secondary N) is 2. The Morgan fingerprint density at radius 1 is 1.09 bits per heavy atom. The Labute approximate surface area is 198 Å². The number of aromatic nitrogens is 1. The van der Waals surface area contributed by atoms with E-state index in [1.54, 1.807) is 38.4 Å². The first-order valence-corrected chi connectivity index (χ1v) is 10.8. The molecule has 0 aliphatic carbocycles. The minimum Gasteiger partial charge on any atom is -0.456 e. The van der Waals surface area contributed by atoms with Gasteiger partial charge in [0.05, 0.1) is 0 Å². The molecular weight excluding hydrogens is 430 g/mol. The van der Waals surface area contributed by atoms with Gasteiger partial charge in [-0.25, -0.2) is 0 Å². The van der Waals surface area contributed by atoms with Gasteiger partial charge in [0.2, 0.25) is 0 Å². The van der Waals surface area contributed by atoms with Crippen LogP contribution in [0.3, 0.4) is 0 Å². The van der Waals surface area contributed by atoms with E-state index in [-0.39, 0.29) is 5.56 Å². The molecule has 174 valence electrons. The fourth-order valence-electron chi connectivity index (χ4n) is 3.80. The van der Waals surface area contributed by atoms with Crippen molar-refractivity contribution in [3.05, 3.63) is 75.2 Å². The van der Waals surface area contributed by atoms with Crippen LogP contribution in [0.5, 0.6) is 11.5 Å². The fraction of sp³-hybridized carbons (Fsp3) is 0.222. The van der Waals surface area contributed by atoms with E-state index >= 15 is 0 Å². The van der Waals surface area contributed by atoms with E-state index in [0.29, 0.717) is 34.9 Å². The maximum absolute atomic E-state index is 12.6. The number of amides is 2. The summed E-state index contributed by atoms with van der Waals surface area (Å²) < 4.78 is 7.69. The molecule has 3 aromatic rings. The molecule has 0 bridgehead atoms. The smallest absolute Gasteiger partial charge is 0.300 e. The van der Waals surface area contributed by atoms with Gasteiger partial charge in [-0.05, 0) is 69.0 Å². The van der Waals surface area contributed by atoms with Gasteiger partial charge in [0, 0.05) is 36.6 Å². The lowest BCUT2D eigenvalue weighted by Crippen LogP contribution is -2.32. The lowest BCUT2D eigenvalue weighted by molar-refractivity contribution is -0.111. The molecule has 3 rings (SSSR count). The highest BCUT2D eigenvalue weighted by atomic mass is 16.5. The topological polar surface area (TPSA) is 89.4 Å². The van der Waals surface area contributed by atoms with Gasteiger partial charge in [-0.2, -0.15) is 0 Å². The van der Waals surface area contributed by atoms with Gasteiger partial charge >= 0.3 is 0 Å². The molecule has 0 aliphatic rings. The maximum atomic E-state index is 12.6. The lowest BCUT2D eigenvalue weighted by atomic mass is 10.0. The standard InChI is InChI=1S/C27H27N3O4/c1-7-24(31)29-20-9-10-23(34-25-17(4)11-16(3)12-18(25)5)21(14-20)19-13-22(26(32)28-8-2)27(33)30(6)15-19/h1,9-15H,8H2,2-6H3,(H,28,32)(H,29,31). The Balaban J connectivity index is 2.21. The average molecular weight is 458 g/mol. The molecule has 0 spiro atoms. The Morgan fingerprint density at radius 3 is 2.38 bits per heavy atom. The fourth-order valence-corrected chi connectivity index (χ4v) is 3.80. The molecule has 7 heteroatoms. The van der Waals surface area contributed by atoms with Crippen molar-refractivity contribution >= 4 is 17.5 Å². The molecule has 1 aromatic heterocycles. The average Bonchev–Trinajstić information content (AvgIpc) is 2.78. The lowest BCUT2D eigenvalue weighted by Gasteiger charge is -2.18. The number of aryl methyl sites for hydroxylation is 4. The summed E-state index contributed by atoms with van der Waals surface area (Å²) in [5, 5.41) is 5.29. The van der Waals surface area contributed by atoms with E-state index in [1.165, 1.54) is 10.6 Å². The zero-order valence-electron chi connectivity index (χ0n) is 19.9. The second-order valence-electron chi connectivity index (χ2n) is 8.06. The van der Waals surface area contributed by atoms with Crippen molar-refractivity contribution in [1.82, 2.24) is 9.88 Å². The largest absolute Gasteiger partial charge is 0.456 e. The molecule has 0 aliphatic heterocycles. The second-order valence-corrected chi connectivity index (χ2v) is 8.06. The number of pyridine rings is 1. The number of carbonyl (C=O) groups excluding carboxylic acids is 2. The third-order valence-electron chi connectivity index (χ3n) is 5.26. The van der Waals surface area contributed by atoms with Crippen molar-refractivity contribution in [3.63, 3.8) is 0 Å². The van der Waals surface area contributed by atoms with E-state index in [0.717, 1.165) is 16.7 Å². The van der Waals surface area contributed by atoms with Crippen LogP contribution < -0.4 is 20.9 Å². The van der Waals surface area contributed by atoms with Crippen LogP contribution in [-0.2, 0) is 11.8 Å². The molecule has 1 heterocycles. The molecule has 0 saturated carbocycles. The van der Waals surface area contributed by atoms with Crippen LogP contribution in [0.15, 0.2) is 47.4 Å². The van der Waals surface area contributed by atoms with Crippen LogP contribution in [0.2, 0.25) is 0 Å². The van der Waals surface area contributed by atoms with Crippen molar-refractivity contribution in [1.29, 1.82) is 0 Å². The molecule has 2 amide bonds. The molecule has 7 nitrogen and oxygen atoms in total. The summed E-state index contributed by atoms with van der Waals surface area (Å²) in [4.78, 5) is 36.9. The van der Waals surface area contributed by atoms with Crippen LogP contribution in [0.1, 0.15) is 34.0 Å². The number of rotatable bonds is 6. The zero-order chi connectivity index (χ0) is 25.0. The summed E-state index contributed by atoms with van der Waals surface area (Å²) in [5.74, 6) is 2.17. The highest BCUT2D eigenvalue weighted by Gasteiger charge is 2.18. The van der Waals surface area contributed by atoms with Crippen LogP contribution in [0.4, 0.5) is 5.69 Å². The van der Waals surface area contributed by atoms with Crippen LogP contribution in [0.25, 0.3) is 11.1 Å². The van der Waals surface area contributed by atoms with Crippen molar-refractivity contribution in [2.45, 2.75) is 27.7 Å². The maximum Gasteiger partial charge on any atom is 0.300 e. The number of nitrogens with zero attached hydrogens (tertiary/aromatic N) is 1. The number of hydrogen-bond donors (Lipinski definition) is 2. The molecular formula is C27H27N3O4. The van der Waals surface area contributed by atoms with Crippen molar-refractivity contribution in [3.8, 4) is 35.0 Å². The number of anilines is 1. The molecule has 0 radical (unpaired) electrons. The van der Waals surface area contributed by atoms with E-state index in [9.17, 15) is 14.4 Å². The third kappa shape index (κ3) is 5.18. The summed E-state index contributed by atoms with van der Waals surface area (Å²) in [5.41, 5.74) is 4.25. The van der Waals surface area contributed by atoms with Gasteiger partial charge in [0.25, 0.3) is 17.4 Å². The van der Waals surface area contributed by atoms with Gasteiger partial charge in [-0.15, -0.1) is 6.42 Å². The van der Waals surface area contributed by atoms with Gasteiger partial charge in [0.1, 0.15) is 17.1 Å². The Kier molecular flexibility index (Phi) is 7.22. The summed E-state index contributed by atoms with van der Waals surface area (Å²) in [6.07, 6.45) is 6.82. The van der Waals surface area contributed by atoms with Gasteiger partial charge in [0.15, 0.2) is 0 Å². The molecule has 0 atom stereocenters. The highest BCUT2D eigenvalue weighted by molar-refractivity contribution is 6.04. The Bertz CT molecular complexity index is 1360. The first-order valence-electron chi connectivity index (χ1n) is 10.8. The molecule has 0 saturated heterocycles. The quantitative estimate of drug-likeness (QED) is 0.546. The molecule has 2 aromatic carbocycles. The van der Waals surface area contributed by atoms with Gasteiger partial charge in [-0.3, -0.25) is 14.4 Å². The minimum atomic E-state index is -0.590. The molecule has 2 N–H and O–H groups in total. The summed E-state index contributed by atoms with van der Waals surface area (Å²) >= 11 is 0. The van der Waals surface area contributed by atoms with Crippen molar-refractivity contribution < 1.29 is 14.3 Å². The van der Waals surface area contributed by atoms with Crippen LogP contribution in [0, 0.1) is 33.1 Å². The number of ether oxygens (including phenoxy) is 1. The van der Waals surface area contributed by atoms with Gasteiger partial charge in [-0.1, -0.05) is 17.7 Å². The summed E-state index contributed by atoms with van der Waals surface area (Å²) in [7, 11) is 1.58. The second kappa shape index (κ2) is 10.1. The predicted octanol–water partition coefficient (Wildman–Crippen LogP) is 4.09. The number of carbonyl (C=O) groups is 2. The van der Waals surface area contributed by atoms with E-state index in [1.807, 2.05) is 38.8 Å². The molecule has 34 heavy (non-hydrogen) atoms.